The number of aromatic nitrogens is 2. The first-order valence-corrected chi connectivity index (χ1v) is 14.1. The quantitative estimate of drug-likeness (QED) is 0.0580. The number of nitrogens with zero attached hydrogens (tertiary/aromatic N) is 2. The van der Waals surface area contributed by atoms with Gasteiger partial charge in [-0.3, -0.25) is 4.18 Å². The third-order valence-electron chi connectivity index (χ3n) is 5.17. The van der Waals surface area contributed by atoms with Gasteiger partial charge in [-0.25, -0.2) is 27.1 Å². The minimum absolute atomic E-state index is 0.0258. The molecule has 0 bridgehead atoms. The second kappa shape index (κ2) is 18.5. The predicted octanol–water partition coefficient (Wildman–Crippen LogP) is 3.35. The van der Waals surface area contributed by atoms with E-state index in [9.17, 15) is 22.6 Å². The van der Waals surface area contributed by atoms with Crippen LogP contribution >= 0.6 is 0 Å². The van der Waals surface area contributed by atoms with Crippen molar-refractivity contribution in [2.75, 3.05) is 13.2 Å². The molecule has 0 saturated carbocycles. The Morgan fingerprint density at radius 2 is 1.68 bits per heavy atom. The van der Waals surface area contributed by atoms with Crippen molar-refractivity contribution in [2.45, 2.75) is 78.2 Å². The van der Waals surface area contributed by atoms with Crippen LogP contribution in [0.2, 0.25) is 0 Å². The SMILES string of the molecule is CCCCCCCCOS(=O)(=O)[O-].CCO[C@H](C)OC(=O)C(C(=O)OCc1ccccc1)n1cc[n+](C)c1. The molecule has 38 heavy (non-hydrogen) atoms. The number of unbranched alkanes of at least 4 members (excludes halogenated alkanes) is 5. The highest BCUT2D eigenvalue weighted by Crippen LogP contribution is 2.14. The molecule has 0 spiro atoms. The molecular weight excluding hydrogens is 516 g/mol. The van der Waals surface area contributed by atoms with Crippen LogP contribution in [0, 0.1) is 0 Å². The summed E-state index contributed by atoms with van der Waals surface area (Å²) in [5.41, 5.74) is 0.837. The molecule has 0 amide bonds. The Bertz CT molecular complexity index is 1040. The van der Waals surface area contributed by atoms with Crippen molar-refractivity contribution >= 4 is 22.3 Å². The lowest BCUT2D eigenvalue weighted by Gasteiger charge is -2.16. The summed E-state index contributed by atoms with van der Waals surface area (Å²) in [5.74, 6) is -1.41. The largest absolute Gasteiger partial charge is 0.726 e. The zero-order valence-corrected chi connectivity index (χ0v) is 23.4. The van der Waals surface area contributed by atoms with Crippen molar-refractivity contribution in [3.63, 3.8) is 0 Å². The molecule has 1 heterocycles. The molecule has 0 fully saturated rings. The van der Waals surface area contributed by atoms with Gasteiger partial charge >= 0.3 is 11.9 Å². The molecule has 1 aromatic heterocycles. The van der Waals surface area contributed by atoms with Crippen molar-refractivity contribution in [3.8, 4) is 0 Å². The van der Waals surface area contributed by atoms with Crippen molar-refractivity contribution in [3.05, 3.63) is 54.6 Å². The number of benzene rings is 1. The lowest BCUT2D eigenvalue weighted by Crippen LogP contribution is -2.34. The average Bonchev–Trinajstić information content (AvgIpc) is 3.28. The van der Waals surface area contributed by atoms with Crippen molar-refractivity contribution < 1.29 is 45.5 Å². The van der Waals surface area contributed by atoms with Crippen LogP contribution in [0.15, 0.2) is 49.1 Å². The molecule has 1 aromatic carbocycles. The van der Waals surface area contributed by atoms with E-state index in [1.54, 1.807) is 44.2 Å². The summed E-state index contributed by atoms with van der Waals surface area (Å²) >= 11 is 0. The van der Waals surface area contributed by atoms with Crippen molar-refractivity contribution in [1.29, 1.82) is 0 Å². The van der Waals surface area contributed by atoms with E-state index in [1.807, 2.05) is 30.3 Å². The predicted molar refractivity (Wildman–Crippen MR) is 137 cm³/mol. The van der Waals surface area contributed by atoms with Crippen molar-refractivity contribution in [2.24, 2.45) is 7.05 Å². The molecule has 2 aromatic rings. The molecule has 11 nitrogen and oxygen atoms in total. The van der Waals surface area contributed by atoms with Gasteiger partial charge in [0.25, 0.3) is 6.04 Å². The fourth-order valence-electron chi connectivity index (χ4n) is 3.31. The van der Waals surface area contributed by atoms with Gasteiger partial charge in [0.15, 0.2) is 6.29 Å². The van der Waals surface area contributed by atoms with Gasteiger partial charge in [-0.1, -0.05) is 69.4 Å². The number of aryl methyl sites for hydroxylation is 1. The Kier molecular flexibility index (Phi) is 16.1. The van der Waals surface area contributed by atoms with E-state index in [0.717, 1.165) is 18.4 Å². The van der Waals surface area contributed by atoms with Gasteiger partial charge in [-0.2, -0.15) is 0 Å². The molecule has 12 heteroatoms. The van der Waals surface area contributed by atoms with Gasteiger partial charge in [-0.05, 0) is 25.8 Å². The maximum absolute atomic E-state index is 12.5. The summed E-state index contributed by atoms with van der Waals surface area (Å²) < 4.78 is 52.9. The molecule has 0 N–H and O–H groups in total. The number of carbonyl (C=O) groups excluding carboxylic acids is 2. The minimum Gasteiger partial charge on any atom is -0.726 e. The Labute approximate surface area is 225 Å². The Hall–Kier alpha value is -2.80. The Balaban J connectivity index is 0.000000471. The van der Waals surface area contributed by atoms with Crippen LogP contribution in [0.1, 0.15) is 70.9 Å². The molecule has 2 atom stereocenters. The van der Waals surface area contributed by atoms with Crippen LogP contribution in [0.4, 0.5) is 0 Å². The number of rotatable bonds is 16. The van der Waals surface area contributed by atoms with E-state index in [1.165, 1.54) is 23.8 Å². The summed E-state index contributed by atoms with van der Waals surface area (Å²) in [5, 5.41) is 0. The summed E-state index contributed by atoms with van der Waals surface area (Å²) in [4.78, 5) is 25.0. The fourth-order valence-corrected chi connectivity index (χ4v) is 3.63. The first-order valence-electron chi connectivity index (χ1n) is 12.7. The molecule has 214 valence electrons. The fraction of sp³-hybridized carbons (Fsp3) is 0.577. The normalized spacial score (nSPS) is 12.7. The monoisotopic (exact) mass is 556 g/mol. The summed E-state index contributed by atoms with van der Waals surface area (Å²) in [6, 6.07) is 8.03. The van der Waals surface area contributed by atoms with Crippen LogP contribution in [-0.4, -0.2) is 49.0 Å². The van der Waals surface area contributed by atoms with Gasteiger partial charge in [-0.15, -0.1) is 0 Å². The zero-order chi connectivity index (χ0) is 28.4. The van der Waals surface area contributed by atoms with E-state index in [0.29, 0.717) is 13.0 Å². The Morgan fingerprint density at radius 3 is 2.26 bits per heavy atom. The minimum atomic E-state index is -4.47. The number of carbonyl (C=O) groups is 2. The molecular formula is C26H40N2O9S. The maximum atomic E-state index is 12.5. The summed E-state index contributed by atoms with van der Waals surface area (Å²) in [6.45, 7) is 6.03. The van der Waals surface area contributed by atoms with Crippen LogP contribution in [0.5, 0.6) is 0 Å². The van der Waals surface area contributed by atoms with Crippen LogP contribution in [-0.2, 0) is 52.0 Å². The molecule has 0 saturated heterocycles. The first kappa shape index (κ1) is 33.2. The standard InChI is InChI=1S/C18H23N2O5.C8H18O4S/c1-4-23-14(2)25-18(22)16(20-11-10-19(3)13-20)17(21)24-12-15-8-6-5-7-9-15;1-2-3-4-5-6-7-8-12-13(9,10)11/h5-11,13-14,16H,4,12H2,1-3H3;2-8H2,1H3,(H,9,10,11)/q+1;/p-1/t14-,16?;/m0./s1. The van der Waals surface area contributed by atoms with Crippen LogP contribution in [0.3, 0.4) is 0 Å². The number of hydrogen-bond acceptors (Lipinski definition) is 9. The van der Waals surface area contributed by atoms with Crippen molar-refractivity contribution in [1.82, 2.24) is 4.57 Å². The van der Waals surface area contributed by atoms with Gasteiger partial charge in [0, 0.05) is 6.61 Å². The van der Waals surface area contributed by atoms with Crippen LogP contribution < -0.4 is 4.57 Å². The maximum Gasteiger partial charge on any atom is 0.366 e. The highest BCUT2D eigenvalue weighted by Gasteiger charge is 2.37. The third kappa shape index (κ3) is 14.8. The topological polar surface area (TPSA) is 137 Å². The highest BCUT2D eigenvalue weighted by atomic mass is 32.3. The number of esters is 2. The molecule has 0 aliphatic heterocycles. The number of ether oxygens (including phenoxy) is 3. The van der Waals surface area contributed by atoms with Gasteiger partial charge in [0.2, 0.25) is 16.7 Å². The number of hydrogen-bond donors (Lipinski definition) is 0. The molecule has 1 unspecified atom stereocenters. The van der Waals surface area contributed by atoms with E-state index in [2.05, 4.69) is 11.1 Å². The second-order valence-corrected chi connectivity index (χ2v) is 9.53. The van der Waals surface area contributed by atoms with E-state index in [-0.39, 0.29) is 13.2 Å². The second-order valence-electron chi connectivity index (χ2n) is 8.48. The van der Waals surface area contributed by atoms with E-state index < -0.39 is 34.7 Å². The lowest BCUT2D eigenvalue weighted by molar-refractivity contribution is -0.671. The van der Waals surface area contributed by atoms with Gasteiger partial charge < -0.3 is 18.8 Å². The Morgan fingerprint density at radius 1 is 1.03 bits per heavy atom. The van der Waals surface area contributed by atoms with Crippen LogP contribution in [0.25, 0.3) is 0 Å². The number of imidazole rings is 1. The summed E-state index contributed by atoms with van der Waals surface area (Å²) in [7, 11) is -2.68. The molecule has 0 aliphatic carbocycles. The molecule has 0 radical (unpaired) electrons. The summed E-state index contributed by atoms with van der Waals surface area (Å²) in [6.07, 6.45) is 10.4. The lowest BCUT2D eigenvalue weighted by atomic mass is 10.1. The highest BCUT2D eigenvalue weighted by molar-refractivity contribution is 7.80. The average molecular weight is 557 g/mol. The van der Waals surface area contributed by atoms with E-state index >= 15 is 0 Å². The van der Waals surface area contributed by atoms with Gasteiger partial charge in [0.05, 0.1) is 13.7 Å². The first-order chi connectivity index (χ1) is 18.1. The van der Waals surface area contributed by atoms with E-state index in [4.69, 9.17) is 14.2 Å². The molecule has 2 rings (SSSR count). The zero-order valence-electron chi connectivity index (χ0n) is 22.6. The third-order valence-corrected chi connectivity index (χ3v) is 5.62. The molecule has 0 aliphatic rings. The van der Waals surface area contributed by atoms with Gasteiger partial charge in [0.1, 0.15) is 19.0 Å². The smallest absolute Gasteiger partial charge is 0.366 e.